The maximum absolute atomic E-state index is 12.1. The number of hydrogen-bond acceptors (Lipinski definition) is 5. The predicted octanol–water partition coefficient (Wildman–Crippen LogP) is 0.285. The van der Waals surface area contributed by atoms with E-state index in [2.05, 4.69) is 15.8 Å². The van der Waals surface area contributed by atoms with Gasteiger partial charge in [-0.1, -0.05) is 5.16 Å². The van der Waals surface area contributed by atoms with Gasteiger partial charge in [-0.25, -0.2) is 0 Å². The molecule has 3 N–H and O–H groups in total. The second-order valence-corrected chi connectivity index (χ2v) is 5.34. The van der Waals surface area contributed by atoms with E-state index in [0.717, 1.165) is 43.6 Å². The second kappa shape index (κ2) is 6.56. The highest BCUT2D eigenvalue weighted by Crippen LogP contribution is 2.24. The molecule has 0 bridgehead atoms. The maximum Gasteiger partial charge on any atom is 0.273 e. The van der Waals surface area contributed by atoms with E-state index in [1.165, 1.54) is 0 Å². The standard InChI is InChI=1S/C13H19N3O3.ClH/c17-10-7-14-5-8(10)6-15-13(18)12-9-3-1-2-4-11(9)19-16-12;/h8,10,14,17H,1-7H2,(H,15,18);1H. The number of nitrogens with one attached hydrogen (secondary N) is 2. The van der Waals surface area contributed by atoms with Crippen molar-refractivity contribution in [3.63, 3.8) is 0 Å². The van der Waals surface area contributed by atoms with Crippen LogP contribution in [0.25, 0.3) is 0 Å². The summed E-state index contributed by atoms with van der Waals surface area (Å²) in [6.45, 7) is 1.80. The zero-order valence-corrected chi connectivity index (χ0v) is 12.0. The molecular weight excluding hydrogens is 282 g/mol. The quantitative estimate of drug-likeness (QED) is 0.747. The van der Waals surface area contributed by atoms with Crippen LogP contribution < -0.4 is 10.6 Å². The Morgan fingerprint density at radius 2 is 2.20 bits per heavy atom. The summed E-state index contributed by atoms with van der Waals surface area (Å²) in [4.78, 5) is 12.1. The Balaban J connectivity index is 0.00000147. The largest absolute Gasteiger partial charge is 0.391 e. The lowest BCUT2D eigenvalue weighted by Gasteiger charge is -2.14. The number of halogens is 1. The van der Waals surface area contributed by atoms with Gasteiger partial charge >= 0.3 is 0 Å². The van der Waals surface area contributed by atoms with Crippen LogP contribution in [-0.2, 0) is 12.8 Å². The minimum atomic E-state index is -0.383. The van der Waals surface area contributed by atoms with Gasteiger partial charge in [-0.15, -0.1) is 12.4 Å². The van der Waals surface area contributed by atoms with Crippen LogP contribution in [0.3, 0.4) is 0 Å². The molecule has 1 aliphatic heterocycles. The molecule has 1 amide bonds. The summed E-state index contributed by atoms with van der Waals surface area (Å²) >= 11 is 0. The number of nitrogens with zero attached hydrogens (tertiary/aromatic N) is 1. The summed E-state index contributed by atoms with van der Waals surface area (Å²) < 4.78 is 5.23. The molecule has 20 heavy (non-hydrogen) atoms. The number of rotatable bonds is 3. The summed E-state index contributed by atoms with van der Waals surface area (Å²) in [5.74, 6) is 0.747. The fourth-order valence-electron chi connectivity index (χ4n) is 2.80. The first-order valence-electron chi connectivity index (χ1n) is 6.90. The summed E-state index contributed by atoms with van der Waals surface area (Å²) in [6, 6.07) is 0. The van der Waals surface area contributed by atoms with Crippen molar-refractivity contribution in [3.05, 3.63) is 17.0 Å². The predicted molar refractivity (Wildman–Crippen MR) is 75.1 cm³/mol. The summed E-state index contributed by atoms with van der Waals surface area (Å²) in [5, 5.41) is 19.5. The number of aromatic nitrogens is 1. The third kappa shape index (κ3) is 2.97. The average molecular weight is 302 g/mol. The highest BCUT2D eigenvalue weighted by Gasteiger charge is 2.27. The van der Waals surface area contributed by atoms with Gasteiger partial charge in [-0.05, 0) is 19.3 Å². The Hall–Kier alpha value is -1.11. The van der Waals surface area contributed by atoms with Crippen molar-refractivity contribution in [1.29, 1.82) is 0 Å². The second-order valence-electron chi connectivity index (χ2n) is 5.34. The smallest absolute Gasteiger partial charge is 0.273 e. The van der Waals surface area contributed by atoms with Crippen LogP contribution in [0.15, 0.2) is 4.52 Å². The highest BCUT2D eigenvalue weighted by molar-refractivity contribution is 5.93. The van der Waals surface area contributed by atoms with Crippen LogP contribution in [-0.4, -0.2) is 41.9 Å². The molecule has 1 saturated heterocycles. The molecular formula is C13H20ClN3O3. The van der Waals surface area contributed by atoms with Crippen molar-refractivity contribution < 1.29 is 14.4 Å². The Morgan fingerprint density at radius 3 is 2.95 bits per heavy atom. The zero-order valence-electron chi connectivity index (χ0n) is 11.2. The molecule has 0 saturated carbocycles. The molecule has 2 aliphatic rings. The SMILES string of the molecule is Cl.O=C(NCC1CNCC1O)c1noc2c1CCCC2. The van der Waals surface area contributed by atoms with Gasteiger partial charge < -0.3 is 20.3 Å². The zero-order chi connectivity index (χ0) is 13.2. The van der Waals surface area contributed by atoms with Crippen LogP contribution in [0, 0.1) is 5.92 Å². The van der Waals surface area contributed by atoms with Crippen LogP contribution in [0.2, 0.25) is 0 Å². The van der Waals surface area contributed by atoms with Gasteiger partial charge in [-0.3, -0.25) is 4.79 Å². The van der Waals surface area contributed by atoms with Crippen molar-refractivity contribution in [1.82, 2.24) is 15.8 Å². The molecule has 2 unspecified atom stereocenters. The molecule has 112 valence electrons. The summed E-state index contributed by atoms with van der Waals surface area (Å²) in [6.07, 6.45) is 3.55. The van der Waals surface area contributed by atoms with E-state index < -0.39 is 0 Å². The molecule has 1 aromatic heterocycles. The van der Waals surface area contributed by atoms with Gasteiger partial charge in [0.15, 0.2) is 5.69 Å². The lowest BCUT2D eigenvalue weighted by Crippen LogP contribution is -2.35. The van der Waals surface area contributed by atoms with Gasteiger partial charge in [0.25, 0.3) is 5.91 Å². The molecule has 1 fully saturated rings. The topological polar surface area (TPSA) is 87.4 Å². The highest BCUT2D eigenvalue weighted by atomic mass is 35.5. The van der Waals surface area contributed by atoms with E-state index in [-0.39, 0.29) is 30.3 Å². The Kier molecular flexibility index (Phi) is 5.01. The Morgan fingerprint density at radius 1 is 1.40 bits per heavy atom. The van der Waals surface area contributed by atoms with E-state index in [9.17, 15) is 9.90 Å². The number of β-amino-alcohol motifs (C(OH)–C–C–N with tert-alkyl or cyclic N) is 1. The lowest BCUT2D eigenvalue weighted by molar-refractivity contribution is 0.0917. The average Bonchev–Trinajstić information content (AvgIpc) is 3.02. The van der Waals surface area contributed by atoms with E-state index in [4.69, 9.17) is 4.52 Å². The molecule has 1 aromatic rings. The summed E-state index contributed by atoms with van der Waals surface area (Å²) in [5.41, 5.74) is 1.39. The number of fused-ring (bicyclic) bond motifs is 1. The van der Waals surface area contributed by atoms with Crippen LogP contribution in [0.1, 0.15) is 34.7 Å². The molecule has 2 heterocycles. The minimum Gasteiger partial charge on any atom is -0.391 e. The Labute approximate surface area is 123 Å². The molecule has 1 aliphatic carbocycles. The maximum atomic E-state index is 12.1. The lowest BCUT2D eigenvalue weighted by atomic mass is 9.96. The molecule has 7 heteroatoms. The molecule has 0 radical (unpaired) electrons. The van der Waals surface area contributed by atoms with E-state index in [1.807, 2.05) is 0 Å². The van der Waals surface area contributed by atoms with E-state index in [0.29, 0.717) is 18.8 Å². The van der Waals surface area contributed by atoms with E-state index >= 15 is 0 Å². The number of aliphatic hydroxyl groups is 1. The molecule has 0 spiro atoms. The van der Waals surface area contributed by atoms with Gasteiger partial charge in [-0.2, -0.15) is 0 Å². The molecule has 0 aromatic carbocycles. The molecule has 3 rings (SSSR count). The third-order valence-corrected chi connectivity index (χ3v) is 3.99. The van der Waals surface area contributed by atoms with Crippen molar-refractivity contribution in [3.8, 4) is 0 Å². The van der Waals surface area contributed by atoms with Gasteiger partial charge in [0.2, 0.25) is 0 Å². The number of amides is 1. The minimum absolute atomic E-state index is 0. The fourth-order valence-corrected chi connectivity index (χ4v) is 2.80. The monoisotopic (exact) mass is 301 g/mol. The summed E-state index contributed by atoms with van der Waals surface area (Å²) in [7, 11) is 0. The number of aryl methyl sites for hydroxylation is 1. The van der Waals surface area contributed by atoms with E-state index in [1.54, 1.807) is 0 Å². The number of carbonyl (C=O) groups excluding carboxylic acids is 1. The van der Waals surface area contributed by atoms with Gasteiger partial charge in [0.05, 0.1) is 6.10 Å². The fraction of sp³-hybridized carbons (Fsp3) is 0.692. The Bertz CT molecular complexity index is 477. The number of hydrogen-bond donors (Lipinski definition) is 3. The number of aliphatic hydroxyl groups excluding tert-OH is 1. The molecule has 2 atom stereocenters. The van der Waals surface area contributed by atoms with Crippen molar-refractivity contribution in [2.45, 2.75) is 31.8 Å². The van der Waals surface area contributed by atoms with Crippen LogP contribution in [0.5, 0.6) is 0 Å². The third-order valence-electron chi connectivity index (χ3n) is 3.99. The van der Waals surface area contributed by atoms with Gasteiger partial charge in [0, 0.05) is 37.5 Å². The first kappa shape index (κ1) is 15.3. The van der Waals surface area contributed by atoms with Crippen molar-refractivity contribution >= 4 is 18.3 Å². The molecule has 6 nitrogen and oxygen atoms in total. The van der Waals surface area contributed by atoms with Gasteiger partial charge in [0.1, 0.15) is 5.76 Å². The first-order chi connectivity index (χ1) is 9.25. The number of carbonyl (C=O) groups is 1. The van der Waals surface area contributed by atoms with Crippen LogP contribution >= 0.6 is 12.4 Å². The van der Waals surface area contributed by atoms with Crippen molar-refractivity contribution in [2.75, 3.05) is 19.6 Å². The van der Waals surface area contributed by atoms with Crippen molar-refractivity contribution in [2.24, 2.45) is 5.92 Å². The van der Waals surface area contributed by atoms with Crippen LogP contribution in [0.4, 0.5) is 0 Å². The normalized spacial score (nSPS) is 24.9. The first-order valence-corrected chi connectivity index (χ1v) is 6.90.